The third kappa shape index (κ3) is 2.01. The lowest BCUT2D eigenvalue weighted by molar-refractivity contribution is 0.282. The fourth-order valence-electron chi connectivity index (χ4n) is 1.64. The van der Waals surface area contributed by atoms with Crippen molar-refractivity contribution in [1.29, 1.82) is 0 Å². The number of anilines is 1. The van der Waals surface area contributed by atoms with Crippen LogP contribution in [-0.4, -0.2) is 34.7 Å². The maximum atomic E-state index is 9.19. The Labute approximate surface area is 88.1 Å². The van der Waals surface area contributed by atoms with Gasteiger partial charge in [0.15, 0.2) is 0 Å². The van der Waals surface area contributed by atoms with Gasteiger partial charge in [0, 0.05) is 36.4 Å². The second kappa shape index (κ2) is 4.66. The van der Waals surface area contributed by atoms with Crippen molar-refractivity contribution >= 4 is 17.4 Å². The van der Waals surface area contributed by atoms with E-state index in [0.717, 1.165) is 24.3 Å². The van der Waals surface area contributed by atoms with Crippen molar-refractivity contribution in [2.75, 3.05) is 29.5 Å². The van der Waals surface area contributed by atoms with E-state index in [2.05, 4.69) is 9.88 Å². The van der Waals surface area contributed by atoms with Crippen LogP contribution in [0.25, 0.3) is 0 Å². The molecule has 0 saturated carbocycles. The molecule has 0 atom stereocenters. The van der Waals surface area contributed by atoms with Crippen molar-refractivity contribution in [3.05, 3.63) is 24.0 Å². The van der Waals surface area contributed by atoms with Crippen molar-refractivity contribution in [2.45, 2.75) is 6.61 Å². The van der Waals surface area contributed by atoms with Crippen LogP contribution in [0, 0.1) is 0 Å². The minimum Gasteiger partial charge on any atom is -0.392 e. The van der Waals surface area contributed by atoms with Crippen LogP contribution in [0.15, 0.2) is 18.5 Å². The largest absolute Gasteiger partial charge is 0.392 e. The molecular formula is C10H14N2OS. The van der Waals surface area contributed by atoms with E-state index in [1.807, 2.05) is 24.0 Å². The fraction of sp³-hybridized carbons (Fsp3) is 0.500. The Morgan fingerprint density at radius 2 is 2.21 bits per heavy atom. The van der Waals surface area contributed by atoms with Gasteiger partial charge >= 0.3 is 0 Å². The summed E-state index contributed by atoms with van der Waals surface area (Å²) in [4.78, 5) is 6.41. The number of pyridine rings is 1. The summed E-state index contributed by atoms with van der Waals surface area (Å²) in [6.07, 6.45) is 3.58. The Morgan fingerprint density at radius 1 is 1.43 bits per heavy atom. The van der Waals surface area contributed by atoms with E-state index >= 15 is 0 Å². The van der Waals surface area contributed by atoms with E-state index in [0.29, 0.717) is 0 Å². The van der Waals surface area contributed by atoms with Crippen molar-refractivity contribution in [2.24, 2.45) is 0 Å². The maximum absolute atomic E-state index is 9.19. The summed E-state index contributed by atoms with van der Waals surface area (Å²) in [6, 6.07) is 1.89. The highest BCUT2D eigenvalue weighted by Crippen LogP contribution is 2.22. The standard InChI is InChI=1S/C10H14N2OS/c13-8-9-1-2-11-7-10(9)12-3-5-14-6-4-12/h1-2,7,13H,3-6,8H2. The molecule has 76 valence electrons. The highest BCUT2D eigenvalue weighted by atomic mass is 32.2. The lowest BCUT2D eigenvalue weighted by atomic mass is 10.2. The van der Waals surface area contributed by atoms with Gasteiger partial charge in [0.2, 0.25) is 0 Å². The number of rotatable bonds is 2. The van der Waals surface area contributed by atoms with Crippen LogP contribution >= 0.6 is 11.8 Å². The maximum Gasteiger partial charge on any atom is 0.0703 e. The zero-order valence-corrected chi connectivity index (χ0v) is 8.83. The predicted octanol–water partition coefficient (Wildman–Crippen LogP) is 1.13. The first kappa shape index (κ1) is 9.80. The fourth-order valence-corrected chi connectivity index (χ4v) is 2.54. The van der Waals surface area contributed by atoms with Crippen molar-refractivity contribution in [1.82, 2.24) is 4.98 Å². The smallest absolute Gasteiger partial charge is 0.0703 e. The number of hydrogen-bond acceptors (Lipinski definition) is 4. The second-order valence-electron chi connectivity index (χ2n) is 3.26. The molecule has 2 heterocycles. The Kier molecular flexibility index (Phi) is 3.26. The summed E-state index contributed by atoms with van der Waals surface area (Å²) >= 11 is 1.98. The summed E-state index contributed by atoms with van der Waals surface area (Å²) in [5.74, 6) is 2.33. The molecule has 0 radical (unpaired) electrons. The summed E-state index contributed by atoms with van der Waals surface area (Å²) in [7, 11) is 0. The van der Waals surface area contributed by atoms with Crippen LogP contribution in [0.1, 0.15) is 5.56 Å². The van der Waals surface area contributed by atoms with Crippen molar-refractivity contribution in [3.8, 4) is 0 Å². The first-order chi connectivity index (χ1) is 6.92. The van der Waals surface area contributed by atoms with Crippen molar-refractivity contribution < 1.29 is 5.11 Å². The quantitative estimate of drug-likeness (QED) is 0.794. The molecule has 14 heavy (non-hydrogen) atoms. The minimum absolute atomic E-state index is 0.0987. The van der Waals surface area contributed by atoms with Gasteiger partial charge in [-0.2, -0.15) is 11.8 Å². The van der Waals surface area contributed by atoms with E-state index in [9.17, 15) is 5.11 Å². The topological polar surface area (TPSA) is 36.4 Å². The highest BCUT2D eigenvalue weighted by molar-refractivity contribution is 7.99. The van der Waals surface area contributed by atoms with Gasteiger partial charge in [-0.25, -0.2) is 0 Å². The zero-order chi connectivity index (χ0) is 9.80. The minimum atomic E-state index is 0.0987. The summed E-state index contributed by atoms with van der Waals surface area (Å²) in [5.41, 5.74) is 2.07. The van der Waals surface area contributed by atoms with Gasteiger partial charge in [-0.15, -0.1) is 0 Å². The number of aromatic nitrogens is 1. The number of thioether (sulfide) groups is 1. The second-order valence-corrected chi connectivity index (χ2v) is 4.49. The Hall–Kier alpha value is -0.740. The molecule has 0 spiro atoms. The molecule has 0 unspecified atom stereocenters. The Balaban J connectivity index is 2.20. The van der Waals surface area contributed by atoms with E-state index in [4.69, 9.17) is 0 Å². The van der Waals surface area contributed by atoms with Crippen LogP contribution in [0.3, 0.4) is 0 Å². The molecule has 0 bridgehead atoms. The van der Waals surface area contributed by atoms with Gasteiger partial charge in [-0.05, 0) is 6.07 Å². The van der Waals surface area contributed by atoms with Crippen LogP contribution in [-0.2, 0) is 6.61 Å². The number of aliphatic hydroxyl groups is 1. The summed E-state index contributed by atoms with van der Waals surface area (Å²) in [5, 5.41) is 9.19. The van der Waals surface area contributed by atoms with Gasteiger partial charge in [-0.1, -0.05) is 0 Å². The third-order valence-electron chi connectivity index (χ3n) is 2.41. The van der Waals surface area contributed by atoms with Crippen LogP contribution < -0.4 is 4.90 Å². The normalized spacial score (nSPS) is 17.1. The van der Waals surface area contributed by atoms with Gasteiger partial charge in [0.25, 0.3) is 0 Å². The van der Waals surface area contributed by atoms with E-state index in [-0.39, 0.29) is 6.61 Å². The highest BCUT2D eigenvalue weighted by Gasteiger charge is 2.13. The van der Waals surface area contributed by atoms with E-state index in [1.165, 1.54) is 11.5 Å². The lowest BCUT2D eigenvalue weighted by Crippen LogP contribution is -2.33. The first-order valence-electron chi connectivity index (χ1n) is 4.78. The van der Waals surface area contributed by atoms with Crippen LogP contribution in [0.5, 0.6) is 0 Å². The molecule has 0 amide bonds. The average molecular weight is 210 g/mol. The molecule has 0 aromatic carbocycles. The average Bonchev–Trinajstić information content (AvgIpc) is 2.30. The van der Waals surface area contributed by atoms with Gasteiger partial charge in [-0.3, -0.25) is 4.98 Å². The predicted molar refractivity (Wildman–Crippen MR) is 59.7 cm³/mol. The molecule has 1 aliphatic rings. The Morgan fingerprint density at radius 3 is 2.93 bits per heavy atom. The molecule has 2 rings (SSSR count). The SMILES string of the molecule is OCc1ccncc1N1CCSCC1. The number of aliphatic hydroxyl groups excluding tert-OH is 1. The molecule has 4 heteroatoms. The summed E-state index contributed by atoms with van der Waals surface area (Å²) < 4.78 is 0. The number of nitrogens with zero attached hydrogens (tertiary/aromatic N) is 2. The van der Waals surface area contributed by atoms with Crippen molar-refractivity contribution in [3.63, 3.8) is 0 Å². The number of hydrogen-bond donors (Lipinski definition) is 1. The molecule has 1 aromatic rings. The van der Waals surface area contributed by atoms with E-state index < -0.39 is 0 Å². The molecule has 1 aliphatic heterocycles. The van der Waals surface area contributed by atoms with Crippen LogP contribution in [0.2, 0.25) is 0 Å². The van der Waals surface area contributed by atoms with E-state index in [1.54, 1.807) is 6.20 Å². The Bertz CT molecular complexity index is 300. The monoisotopic (exact) mass is 210 g/mol. The van der Waals surface area contributed by atoms with Gasteiger partial charge in [0.1, 0.15) is 0 Å². The van der Waals surface area contributed by atoms with Crippen LogP contribution in [0.4, 0.5) is 5.69 Å². The first-order valence-corrected chi connectivity index (χ1v) is 5.93. The lowest BCUT2D eigenvalue weighted by Gasteiger charge is -2.29. The zero-order valence-electron chi connectivity index (χ0n) is 8.02. The molecule has 0 aliphatic carbocycles. The van der Waals surface area contributed by atoms with Gasteiger partial charge in [0.05, 0.1) is 18.5 Å². The molecule has 3 nitrogen and oxygen atoms in total. The van der Waals surface area contributed by atoms with Gasteiger partial charge < -0.3 is 10.0 Å². The molecule has 1 fully saturated rings. The summed E-state index contributed by atoms with van der Waals surface area (Å²) in [6.45, 7) is 2.22. The molecular weight excluding hydrogens is 196 g/mol. The third-order valence-corrected chi connectivity index (χ3v) is 3.35. The molecule has 1 aromatic heterocycles. The molecule has 1 N–H and O–H groups in total. The molecule has 1 saturated heterocycles.